The second kappa shape index (κ2) is 7.20. The first kappa shape index (κ1) is 12.9. The van der Waals surface area contributed by atoms with Crippen LogP contribution in [0.25, 0.3) is 0 Å². The zero-order chi connectivity index (χ0) is 11.1. The van der Waals surface area contributed by atoms with Crippen LogP contribution in [0.2, 0.25) is 0 Å². The highest BCUT2D eigenvalue weighted by Crippen LogP contribution is 2.16. The summed E-state index contributed by atoms with van der Waals surface area (Å²) in [6.45, 7) is 12.9. The molecule has 3 heteroatoms. The second-order valence-electron chi connectivity index (χ2n) is 4.38. The van der Waals surface area contributed by atoms with Crippen LogP contribution in [-0.2, 0) is 4.74 Å². The topological polar surface area (TPSA) is 24.5 Å². The van der Waals surface area contributed by atoms with Gasteiger partial charge in [0.05, 0.1) is 6.61 Å². The molecule has 1 rings (SSSR count). The van der Waals surface area contributed by atoms with E-state index in [1.54, 1.807) is 0 Å². The van der Waals surface area contributed by atoms with E-state index in [9.17, 15) is 0 Å². The lowest BCUT2D eigenvalue weighted by molar-refractivity contribution is 0.108. The number of nitrogens with zero attached hydrogens (tertiary/aromatic N) is 1. The van der Waals surface area contributed by atoms with Gasteiger partial charge in [0, 0.05) is 25.7 Å². The van der Waals surface area contributed by atoms with Crippen LogP contribution >= 0.6 is 0 Å². The summed E-state index contributed by atoms with van der Waals surface area (Å²) >= 11 is 0. The molecule has 2 atom stereocenters. The molecule has 1 saturated heterocycles. The molecule has 1 aliphatic heterocycles. The minimum Gasteiger partial charge on any atom is -0.380 e. The summed E-state index contributed by atoms with van der Waals surface area (Å²) in [4.78, 5) is 2.50. The highest BCUT2D eigenvalue weighted by molar-refractivity contribution is 4.82. The lowest BCUT2D eigenvalue weighted by atomic mass is 10.0. The molecule has 0 aromatic rings. The third kappa shape index (κ3) is 4.49. The van der Waals surface area contributed by atoms with E-state index in [1.165, 1.54) is 19.5 Å². The molecule has 0 radical (unpaired) electrons. The minimum atomic E-state index is 0.686. The Hall–Kier alpha value is -0.120. The predicted molar refractivity (Wildman–Crippen MR) is 64.2 cm³/mol. The van der Waals surface area contributed by atoms with Crippen LogP contribution in [0.4, 0.5) is 0 Å². The first-order valence-corrected chi connectivity index (χ1v) is 6.31. The number of nitrogens with one attached hydrogen (secondary N) is 1. The zero-order valence-corrected chi connectivity index (χ0v) is 10.5. The van der Waals surface area contributed by atoms with Crippen LogP contribution in [0.15, 0.2) is 0 Å². The Balaban J connectivity index is 2.20. The quantitative estimate of drug-likeness (QED) is 0.647. The first-order valence-electron chi connectivity index (χ1n) is 6.31. The van der Waals surface area contributed by atoms with Crippen LogP contribution in [0, 0.1) is 5.92 Å². The molecule has 0 aliphatic carbocycles. The molecule has 0 spiro atoms. The fourth-order valence-electron chi connectivity index (χ4n) is 2.21. The maximum absolute atomic E-state index is 5.40. The van der Waals surface area contributed by atoms with Crippen molar-refractivity contribution in [3.8, 4) is 0 Å². The van der Waals surface area contributed by atoms with E-state index >= 15 is 0 Å². The van der Waals surface area contributed by atoms with E-state index in [4.69, 9.17) is 4.74 Å². The first-order chi connectivity index (χ1) is 7.27. The van der Waals surface area contributed by atoms with Crippen molar-refractivity contribution < 1.29 is 4.74 Å². The summed E-state index contributed by atoms with van der Waals surface area (Å²) in [5.41, 5.74) is 0. The van der Waals surface area contributed by atoms with Crippen LogP contribution < -0.4 is 5.32 Å². The smallest absolute Gasteiger partial charge is 0.0593 e. The monoisotopic (exact) mass is 214 g/mol. The van der Waals surface area contributed by atoms with Crippen molar-refractivity contribution in [2.75, 3.05) is 39.4 Å². The molecule has 3 nitrogen and oxygen atoms in total. The average molecular weight is 214 g/mol. The fourth-order valence-corrected chi connectivity index (χ4v) is 2.21. The molecule has 1 fully saturated rings. The van der Waals surface area contributed by atoms with Gasteiger partial charge in [-0.15, -0.1) is 0 Å². The van der Waals surface area contributed by atoms with Gasteiger partial charge in [-0.1, -0.05) is 6.92 Å². The Labute approximate surface area is 94.2 Å². The third-order valence-electron chi connectivity index (χ3n) is 3.38. The van der Waals surface area contributed by atoms with Gasteiger partial charge in [0.1, 0.15) is 0 Å². The summed E-state index contributed by atoms with van der Waals surface area (Å²) in [6.07, 6.45) is 1.33. The molecule has 0 aromatic carbocycles. The molecule has 0 bridgehead atoms. The van der Waals surface area contributed by atoms with Gasteiger partial charge in [0.15, 0.2) is 0 Å². The van der Waals surface area contributed by atoms with Crippen molar-refractivity contribution >= 4 is 0 Å². The Morgan fingerprint density at radius 3 is 2.73 bits per heavy atom. The molecule has 15 heavy (non-hydrogen) atoms. The normalized spacial score (nSPS) is 26.4. The van der Waals surface area contributed by atoms with Gasteiger partial charge in [0.25, 0.3) is 0 Å². The predicted octanol–water partition coefficient (Wildman–Crippen LogP) is 1.34. The van der Waals surface area contributed by atoms with Crippen molar-refractivity contribution in [1.82, 2.24) is 10.2 Å². The maximum Gasteiger partial charge on any atom is 0.0593 e. The number of rotatable bonds is 7. The maximum atomic E-state index is 5.40. The number of hydrogen-bond acceptors (Lipinski definition) is 3. The third-order valence-corrected chi connectivity index (χ3v) is 3.38. The van der Waals surface area contributed by atoms with E-state index in [-0.39, 0.29) is 0 Å². The number of likely N-dealkylation sites (N-methyl/N-ethyl adjacent to an activating group) is 1. The van der Waals surface area contributed by atoms with E-state index in [0.717, 1.165) is 32.2 Å². The van der Waals surface area contributed by atoms with Gasteiger partial charge >= 0.3 is 0 Å². The standard InChI is InChI=1S/C12H26N2O/c1-4-14(8-9-15-5-2)10-12-6-7-13-11(12)3/h11-13H,4-10H2,1-3H3. The fraction of sp³-hybridized carbons (Fsp3) is 1.00. The molecule has 90 valence electrons. The Bertz CT molecular complexity index is 164. The highest BCUT2D eigenvalue weighted by Gasteiger charge is 2.24. The molecule has 1 aliphatic rings. The van der Waals surface area contributed by atoms with Crippen molar-refractivity contribution in [1.29, 1.82) is 0 Å². The van der Waals surface area contributed by atoms with Crippen molar-refractivity contribution in [3.05, 3.63) is 0 Å². The van der Waals surface area contributed by atoms with Crippen molar-refractivity contribution in [3.63, 3.8) is 0 Å². The summed E-state index contributed by atoms with van der Waals surface area (Å²) in [7, 11) is 0. The molecule has 0 aromatic heterocycles. The summed E-state index contributed by atoms with van der Waals surface area (Å²) < 4.78 is 5.40. The van der Waals surface area contributed by atoms with Crippen molar-refractivity contribution in [2.24, 2.45) is 5.92 Å². The zero-order valence-electron chi connectivity index (χ0n) is 10.5. The van der Waals surface area contributed by atoms with Gasteiger partial charge < -0.3 is 15.0 Å². The molecule has 2 unspecified atom stereocenters. The van der Waals surface area contributed by atoms with Crippen LogP contribution in [0.3, 0.4) is 0 Å². The molecule has 0 saturated carbocycles. The minimum absolute atomic E-state index is 0.686. The molecular formula is C12H26N2O. The lowest BCUT2D eigenvalue weighted by Crippen LogP contribution is -2.36. The lowest BCUT2D eigenvalue weighted by Gasteiger charge is -2.25. The SMILES string of the molecule is CCOCCN(CC)CC1CCNC1C. The van der Waals surface area contributed by atoms with Gasteiger partial charge in [0.2, 0.25) is 0 Å². The number of ether oxygens (including phenoxy) is 1. The van der Waals surface area contributed by atoms with Gasteiger partial charge in [-0.05, 0) is 39.3 Å². The Kier molecular flexibility index (Phi) is 6.22. The van der Waals surface area contributed by atoms with E-state index < -0.39 is 0 Å². The van der Waals surface area contributed by atoms with Crippen LogP contribution in [0.5, 0.6) is 0 Å². The Morgan fingerprint density at radius 1 is 1.40 bits per heavy atom. The summed E-state index contributed by atoms with van der Waals surface area (Å²) in [5.74, 6) is 0.826. The van der Waals surface area contributed by atoms with E-state index in [2.05, 4.69) is 31.0 Å². The molecule has 0 amide bonds. The molecule has 1 N–H and O–H groups in total. The van der Waals surface area contributed by atoms with Gasteiger partial charge in [-0.3, -0.25) is 0 Å². The van der Waals surface area contributed by atoms with Gasteiger partial charge in [-0.25, -0.2) is 0 Å². The largest absolute Gasteiger partial charge is 0.380 e. The van der Waals surface area contributed by atoms with Gasteiger partial charge in [-0.2, -0.15) is 0 Å². The van der Waals surface area contributed by atoms with Crippen LogP contribution in [-0.4, -0.2) is 50.3 Å². The van der Waals surface area contributed by atoms with Crippen molar-refractivity contribution in [2.45, 2.75) is 33.2 Å². The van der Waals surface area contributed by atoms with E-state index in [1.807, 2.05) is 0 Å². The number of hydrogen-bond donors (Lipinski definition) is 1. The molecule has 1 heterocycles. The Morgan fingerprint density at radius 2 is 2.20 bits per heavy atom. The summed E-state index contributed by atoms with van der Waals surface area (Å²) in [5, 5.41) is 3.51. The average Bonchev–Trinajstić information content (AvgIpc) is 2.63. The molecular weight excluding hydrogens is 188 g/mol. The van der Waals surface area contributed by atoms with Crippen LogP contribution in [0.1, 0.15) is 27.2 Å². The second-order valence-corrected chi connectivity index (χ2v) is 4.38. The van der Waals surface area contributed by atoms with E-state index in [0.29, 0.717) is 6.04 Å². The highest BCUT2D eigenvalue weighted by atomic mass is 16.5. The summed E-state index contributed by atoms with van der Waals surface area (Å²) in [6, 6.07) is 0.686.